The Kier molecular flexibility index (Phi) is 10.7. The summed E-state index contributed by atoms with van der Waals surface area (Å²) in [5.74, 6) is -83.7. The third-order valence-corrected chi connectivity index (χ3v) is 10.4. The van der Waals surface area contributed by atoms with Gasteiger partial charge in [0.15, 0.2) is 0 Å². The molecule has 2 nitrogen and oxygen atoms in total. The molecule has 24 heteroatoms. The number of hydrogen-bond acceptors (Lipinski definition) is 2. The van der Waals surface area contributed by atoms with Gasteiger partial charge in [-0.1, -0.05) is 54.6 Å². The molecule has 0 fully saturated rings. The molecule has 0 unspecified atom stereocenters. The lowest BCUT2D eigenvalue weighted by Crippen LogP contribution is -2.77. The second-order valence-corrected chi connectivity index (χ2v) is 13.2. The molecule has 0 atom stereocenters. The third-order valence-electron chi connectivity index (χ3n) is 7.19. The summed E-state index contributed by atoms with van der Waals surface area (Å²) in [6, 6.07) is 16.3. The van der Waals surface area contributed by atoms with E-state index in [1.165, 1.54) is 18.2 Å². The zero-order valence-corrected chi connectivity index (χ0v) is 25.6. The topological polar surface area (TPSA) is 26.3 Å². The van der Waals surface area contributed by atoms with Crippen molar-refractivity contribution in [1.29, 1.82) is 0 Å². The molecule has 3 rings (SSSR count). The summed E-state index contributed by atoms with van der Waals surface area (Å²) in [5.41, 5.74) is 0. The van der Waals surface area contributed by atoms with Crippen molar-refractivity contribution in [3.63, 3.8) is 0 Å². The molecule has 296 valence electrons. The van der Waals surface area contributed by atoms with Crippen molar-refractivity contribution < 1.29 is 101 Å². The van der Waals surface area contributed by atoms with Crippen molar-refractivity contribution in [3.8, 4) is 0 Å². The molecule has 0 heterocycles. The summed E-state index contributed by atoms with van der Waals surface area (Å²) < 4.78 is 297. The van der Waals surface area contributed by atoms with Crippen molar-refractivity contribution in [2.24, 2.45) is 0 Å². The predicted molar refractivity (Wildman–Crippen MR) is 138 cm³/mol. The fourth-order valence-corrected chi connectivity index (χ4v) is 7.30. The monoisotopic (exact) mass is 826 g/mol. The Morgan fingerprint density at radius 2 is 0.585 bits per heavy atom. The number of hydrogen-bond donors (Lipinski definition) is 0. The molecule has 0 aliphatic heterocycles. The van der Waals surface area contributed by atoms with Crippen LogP contribution < -0.4 is 0 Å². The summed E-state index contributed by atoms with van der Waals surface area (Å²) in [6.07, 6.45) is -8.08. The van der Waals surface area contributed by atoms with Gasteiger partial charge in [0.05, 0.1) is 0 Å². The molecular formula is C29H15F21O2S. The van der Waals surface area contributed by atoms with E-state index < -0.39 is 90.4 Å². The van der Waals surface area contributed by atoms with E-state index in [0.717, 1.165) is 72.8 Å². The maximum atomic E-state index is 15.1. The number of alkyl halides is 21. The summed E-state index contributed by atoms with van der Waals surface area (Å²) in [6.45, 7) is 0. The minimum atomic E-state index is -9.34. The van der Waals surface area contributed by atoms with Crippen molar-refractivity contribution in [2.45, 2.75) is 74.2 Å². The molecule has 0 aromatic heterocycles. The Hall–Kier alpha value is -3.99. The van der Waals surface area contributed by atoms with Gasteiger partial charge in [-0.05, 0) is 46.7 Å². The van der Waals surface area contributed by atoms with Gasteiger partial charge in [-0.3, -0.25) is 0 Å². The van der Waals surface area contributed by atoms with E-state index in [1.807, 2.05) is 0 Å². The SMILES string of the molecule is O=C(OS(c1ccccc1)(c1ccccc1)c1ccccc1)C(F)(F)C(F)(F)C(F)(F)C(F)(F)C(F)(F)C(F)(F)C(F)(F)C(F)(F)C(F)(F)C(F)(F)F. The fourth-order valence-electron chi connectivity index (χ4n) is 4.24. The highest BCUT2D eigenvalue weighted by atomic mass is 32.3. The predicted octanol–water partition coefficient (Wildman–Crippen LogP) is 11.7. The molecule has 53 heavy (non-hydrogen) atoms. The number of benzene rings is 3. The van der Waals surface area contributed by atoms with E-state index >= 15 is 8.78 Å². The lowest BCUT2D eigenvalue weighted by molar-refractivity contribution is -0.473. The Bertz CT molecular complexity index is 1650. The third kappa shape index (κ3) is 6.01. The summed E-state index contributed by atoms with van der Waals surface area (Å²) in [4.78, 5) is 11.5. The molecule has 0 saturated carbocycles. The van der Waals surface area contributed by atoms with Crippen molar-refractivity contribution in [1.82, 2.24) is 0 Å². The highest BCUT2D eigenvalue weighted by molar-refractivity contribution is 8.30. The Labute approximate surface area is 283 Å². The highest BCUT2D eigenvalue weighted by Gasteiger charge is 2.98. The van der Waals surface area contributed by atoms with E-state index in [1.54, 1.807) is 0 Å². The van der Waals surface area contributed by atoms with Crippen molar-refractivity contribution in [3.05, 3.63) is 91.0 Å². The molecule has 0 radical (unpaired) electrons. The zero-order chi connectivity index (χ0) is 41.1. The number of carbonyl (C=O) groups excluding carboxylic acids is 1. The normalized spacial score (nSPS) is 15.3. The quantitative estimate of drug-likeness (QED) is 0.161. The van der Waals surface area contributed by atoms with Gasteiger partial charge in [-0.15, -0.1) is 0 Å². The number of rotatable bonds is 13. The minimum Gasteiger partial charge on any atom is -0.397 e. The van der Waals surface area contributed by atoms with E-state index in [-0.39, 0.29) is 0 Å². The lowest BCUT2D eigenvalue weighted by Gasteiger charge is -2.45. The Balaban J connectivity index is 2.22. The summed E-state index contributed by atoms with van der Waals surface area (Å²) >= 11 is 0. The zero-order valence-electron chi connectivity index (χ0n) is 24.8. The second-order valence-electron chi connectivity index (χ2n) is 10.5. The standard InChI is InChI=1S/C29H15F21O2S/c30-20(31,19(51)52-53(16-10-4-1-5-11-16,17-12-6-2-7-13-17)18-14-8-3-9-15-18)21(32,33)22(34,35)23(36,37)24(38,39)25(40,41)26(42,43)27(44,45)28(46,47)29(48,49)50/h1-15H. The Morgan fingerprint density at radius 3 is 0.830 bits per heavy atom. The van der Waals surface area contributed by atoms with Crippen LogP contribution in [0.15, 0.2) is 106 Å². The van der Waals surface area contributed by atoms with E-state index in [9.17, 15) is 88.2 Å². The van der Waals surface area contributed by atoms with Crippen LogP contribution in [0, 0.1) is 0 Å². The number of halogens is 21. The van der Waals surface area contributed by atoms with Crippen LogP contribution in [0.1, 0.15) is 0 Å². The lowest BCUT2D eigenvalue weighted by atomic mass is 9.86. The highest BCUT2D eigenvalue weighted by Crippen LogP contribution is 2.71. The van der Waals surface area contributed by atoms with Crippen LogP contribution in [0.5, 0.6) is 0 Å². The minimum absolute atomic E-state index is 0.424. The molecule has 0 amide bonds. The molecule has 3 aromatic rings. The first-order chi connectivity index (χ1) is 23.7. The molecule has 0 aliphatic carbocycles. The largest absolute Gasteiger partial charge is 0.460 e. The van der Waals surface area contributed by atoms with Gasteiger partial charge in [0.1, 0.15) is 0 Å². The van der Waals surface area contributed by atoms with Crippen LogP contribution in [0.25, 0.3) is 0 Å². The van der Waals surface area contributed by atoms with Gasteiger partial charge in [-0.25, -0.2) is 4.79 Å². The first kappa shape index (κ1) is 43.4. The smallest absolute Gasteiger partial charge is 0.397 e. The van der Waals surface area contributed by atoms with Gasteiger partial charge in [0.2, 0.25) is 0 Å². The average Bonchev–Trinajstić information content (AvgIpc) is 3.07. The molecule has 0 bridgehead atoms. The first-order valence-electron chi connectivity index (χ1n) is 13.4. The maximum Gasteiger partial charge on any atom is 0.460 e. The van der Waals surface area contributed by atoms with Gasteiger partial charge >= 0.3 is 65.4 Å². The maximum absolute atomic E-state index is 15.1. The van der Waals surface area contributed by atoms with Crippen LogP contribution in [0.2, 0.25) is 0 Å². The molecule has 0 aliphatic rings. The van der Waals surface area contributed by atoms with E-state index in [0.29, 0.717) is 0 Å². The summed E-state index contributed by atoms with van der Waals surface area (Å²) in [7, 11) is -4.28. The molecule has 0 N–H and O–H groups in total. The number of carbonyl (C=O) groups is 1. The first-order valence-corrected chi connectivity index (χ1v) is 14.9. The van der Waals surface area contributed by atoms with Crippen LogP contribution in [-0.2, 0) is 8.98 Å². The van der Waals surface area contributed by atoms with E-state index in [4.69, 9.17) is 0 Å². The van der Waals surface area contributed by atoms with Crippen LogP contribution in [-0.4, -0.2) is 65.4 Å². The van der Waals surface area contributed by atoms with Crippen LogP contribution in [0.3, 0.4) is 0 Å². The van der Waals surface area contributed by atoms with Gasteiger partial charge in [0.25, 0.3) is 0 Å². The molecular weight excluding hydrogens is 811 g/mol. The van der Waals surface area contributed by atoms with Gasteiger partial charge < -0.3 is 4.18 Å². The summed E-state index contributed by atoms with van der Waals surface area (Å²) in [5, 5.41) is 0. The van der Waals surface area contributed by atoms with E-state index in [2.05, 4.69) is 4.18 Å². The Morgan fingerprint density at radius 1 is 0.358 bits per heavy atom. The molecule has 0 saturated heterocycles. The molecule has 3 aromatic carbocycles. The van der Waals surface area contributed by atoms with Crippen LogP contribution in [0.4, 0.5) is 92.2 Å². The fraction of sp³-hybridized carbons (Fsp3) is 0.345. The van der Waals surface area contributed by atoms with Crippen LogP contribution >= 0.6 is 10.3 Å². The van der Waals surface area contributed by atoms with Crippen molar-refractivity contribution >= 4 is 16.3 Å². The van der Waals surface area contributed by atoms with Crippen molar-refractivity contribution in [2.75, 3.05) is 0 Å². The second kappa shape index (κ2) is 13.1. The molecule has 0 spiro atoms. The average molecular weight is 826 g/mol. The van der Waals surface area contributed by atoms with Gasteiger partial charge in [0, 0.05) is 14.7 Å². The van der Waals surface area contributed by atoms with Gasteiger partial charge in [-0.2, -0.15) is 92.2 Å².